The van der Waals surface area contributed by atoms with E-state index in [2.05, 4.69) is 42.7 Å². The summed E-state index contributed by atoms with van der Waals surface area (Å²) in [4.78, 5) is 18.8. The Kier molecular flexibility index (Phi) is 6.65. The predicted octanol–water partition coefficient (Wildman–Crippen LogP) is 5.97. The van der Waals surface area contributed by atoms with Gasteiger partial charge in [0.25, 0.3) is 0 Å². The molecule has 9 rings (SSSR count). The molecule has 11 heteroatoms. The first kappa shape index (κ1) is 28.3. The lowest BCUT2D eigenvalue weighted by atomic mass is 9.89. The molecule has 0 radical (unpaired) electrons. The van der Waals surface area contributed by atoms with Crippen LogP contribution in [0, 0.1) is 15.3 Å². The average Bonchev–Trinajstić information content (AvgIpc) is 3.76. The molecule has 8 nitrogen and oxygen atoms in total. The zero-order valence-electron chi connectivity index (χ0n) is 24.9. The van der Waals surface area contributed by atoms with Crippen LogP contribution in [0.1, 0.15) is 44.9 Å². The third-order valence-corrected chi connectivity index (χ3v) is 12.0. The van der Waals surface area contributed by atoms with Gasteiger partial charge in [-0.3, -0.25) is 9.88 Å². The van der Waals surface area contributed by atoms with Crippen LogP contribution in [0.25, 0.3) is 32.9 Å². The quantitative estimate of drug-likeness (QED) is 0.244. The van der Waals surface area contributed by atoms with Gasteiger partial charge in [0.05, 0.1) is 10.9 Å². The number of pyridine rings is 1. The summed E-state index contributed by atoms with van der Waals surface area (Å²) in [5.74, 6) is 0.661. The van der Waals surface area contributed by atoms with Crippen molar-refractivity contribution in [1.29, 1.82) is 0 Å². The number of rotatable bonds is 5. The molecular formula is C34H35F2IN6O2. The summed E-state index contributed by atoms with van der Waals surface area (Å²) < 4.78 is 39.1. The minimum absolute atomic E-state index is 0.0392. The molecule has 1 saturated carbocycles. The third kappa shape index (κ3) is 4.58. The second-order valence-corrected chi connectivity index (χ2v) is 15.0. The van der Waals surface area contributed by atoms with Crippen LogP contribution in [0.3, 0.4) is 0 Å². The second kappa shape index (κ2) is 10.6. The average molecular weight is 725 g/mol. The summed E-state index contributed by atoms with van der Waals surface area (Å²) in [5, 5.41) is 16.4. The van der Waals surface area contributed by atoms with Gasteiger partial charge in [0.15, 0.2) is 5.82 Å². The Morgan fingerprint density at radius 3 is 2.76 bits per heavy atom. The highest BCUT2D eigenvalue weighted by atomic mass is 127. The van der Waals surface area contributed by atoms with E-state index in [1.165, 1.54) is 12.8 Å². The number of halogens is 3. The van der Waals surface area contributed by atoms with Crippen LogP contribution in [-0.2, 0) is 0 Å². The summed E-state index contributed by atoms with van der Waals surface area (Å²) in [6.45, 7) is 2.25. The first-order valence-electron chi connectivity index (χ1n) is 16.2. The molecule has 5 aliphatic rings. The highest BCUT2D eigenvalue weighted by molar-refractivity contribution is 14.1. The Bertz CT molecular complexity index is 1830. The molecule has 2 aromatic carbocycles. The van der Waals surface area contributed by atoms with E-state index in [4.69, 9.17) is 14.7 Å². The maximum atomic E-state index is 16.8. The van der Waals surface area contributed by atoms with E-state index in [0.717, 1.165) is 53.1 Å². The van der Waals surface area contributed by atoms with Crippen LogP contribution >= 0.6 is 22.6 Å². The summed E-state index contributed by atoms with van der Waals surface area (Å²) in [6, 6.07) is 10.2. The van der Waals surface area contributed by atoms with Gasteiger partial charge in [-0.25, -0.2) is 8.78 Å². The molecule has 4 aromatic rings. The van der Waals surface area contributed by atoms with Crippen molar-refractivity contribution in [1.82, 2.24) is 25.2 Å². The molecule has 1 aliphatic carbocycles. The maximum Gasteiger partial charge on any atom is 0.319 e. The fraction of sp³-hybridized carbons (Fsp3) is 0.500. The summed E-state index contributed by atoms with van der Waals surface area (Å²) in [7, 11) is 0. The Morgan fingerprint density at radius 2 is 1.91 bits per heavy atom. The number of ether oxygens (including phenoxy) is 1. The molecule has 6 heterocycles. The number of hydrogen-bond donors (Lipinski definition) is 2. The monoisotopic (exact) mass is 724 g/mol. The zero-order valence-corrected chi connectivity index (χ0v) is 27.0. The molecule has 4 saturated heterocycles. The van der Waals surface area contributed by atoms with Crippen LogP contribution in [0.4, 0.5) is 14.6 Å². The summed E-state index contributed by atoms with van der Waals surface area (Å²) in [6.07, 6.45) is 7.86. The first-order chi connectivity index (χ1) is 21.8. The number of phenols is 1. The van der Waals surface area contributed by atoms with E-state index < -0.39 is 12.0 Å². The van der Waals surface area contributed by atoms with Crippen molar-refractivity contribution in [3.8, 4) is 23.0 Å². The van der Waals surface area contributed by atoms with Gasteiger partial charge in [-0.15, -0.1) is 0 Å². The van der Waals surface area contributed by atoms with Gasteiger partial charge in [-0.2, -0.15) is 9.97 Å². The summed E-state index contributed by atoms with van der Waals surface area (Å²) >= 11 is 2.23. The van der Waals surface area contributed by atoms with E-state index in [9.17, 15) is 9.50 Å². The Labute approximate surface area is 273 Å². The maximum absolute atomic E-state index is 16.8. The standard InChI is InChI=1S/C34H35F2IN6O2/c35-20-12-34(11-19-4-2-6-27(19)43(34)14-20)17-45-33-40-31-25(32(41-33)42-15-21-7-8-22(16-42)39-21)13-38-30(29(31)36)24-10-23(44)9-18-3-1-5-26(37)28(18)24/h1,3,5,9-10,13,19-22,27,39,44H,2,4,6-8,11-12,14-17H2/t19-,20+,21?,22?,27-,34-/m0/s1. The fourth-order valence-electron chi connectivity index (χ4n) is 9.28. The number of anilines is 1. The van der Waals surface area contributed by atoms with E-state index >= 15 is 4.39 Å². The second-order valence-electron chi connectivity index (χ2n) is 13.8. The molecule has 4 aliphatic heterocycles. The van der Waals surface area contributed by atoms with Gasteiger partial charge >= 0.3 is 6.01 Å². The van der Waals surface area contributed by atoms with Crippen molar-refractivity contribution < 1.29 is 18.6 Å². The van der Waals surface area contributed by atoms with E-state index in [0.29, 0.717) is 53.8 Å². The Balaban J connectivity index is 1.15. The minimum atomic E-state index is -0.870. The van der Waals surface area contributed by atoms with Crippen LogP contribution in [0.2, 0.25) is 0 Å². The number of hydrogen-bond acceptors (Lipinski definition) is 8. The van der Waals surface area contributed by atoms with Gasteiger partial charge in [0, 0.05) is 64.9 Å². The number of alkyl halides is 1. The van der Waals surface area contributed by atoms with E-state index in [1.54, 1.807) is 18.3 Å². The van der Waals surface area contributed by atoms with Gasteiger partial charge in [0.2, 0.25) is 0 Å². The number of fused-ring (bicyclic) bond motifs is 7. The topological polar surface area (TPSA) is 86.6 Å². The molecule has 2 aromatic heterocycles. The SMILES string of the molecule is Oc1cc(-c2ncc3c(N4CC5CCC(C4)N5)nc(OC[C@]45C[C@@H](F)CN4[C@H]4CCC[C@H]4C5)nc3c2F)c2c(I)cccc2c1. The number of aromatic hydroxyl groups is 1. The number of nitrogens with one attached hydrogen (secondary N) is 1. The number of nitrogens with zero attached hydrogens (tertiary/aromatic N) is 5. The molecule has 0 spiro atoms. The largest absolute Gasteiger partial charge is 0.508 e. The van der Waals surface area contributed by atoms with Crippen molar-refractivity contribution in [2.24, 2.45) is 5.92 Å². The minimum Gasteiger partial charge on any atom is -0.508 e. The zero-order chi connectivity index (χ0) is 30.4. The molecule has 6 atom stereocenters. The summed E-state index contributed by atoms with van der Waals surface area (Å²) in [5.41, 5.74) is 0.388. The van der Waals surface area contributed by atoms with Crippen molar-refractivity contribution >= 4 is 50.1 Å². The van der Waals surface area contributed by atoms with E-state index in [1.807, 2.05) is 18.2 Å². The molecule has 2 bridgehead atoms. The normalized spacial score (nSPS) is 30.8. The highest BCUT2D eigenvalue weighted by Gasteiger charge is 2.58. The Hall–Kier alpha value is -2.90. The fourth-order valence-corrected chi connectivity index (χ4v) is 10.1. The van der Waals surface area contributed by atoms with Crippen LogP contribution in [-0.4, -0.2) is 81.0 Å². The van der Waals surface area contributed by atoms with Gasteiger partial charge < -0.3 is 20.1 Å². The predicted molar refractivity (Wildman–Crippen MR) is 177 cm³/mol. The van der Waals surface area contributed by atoms with Crippen LogP contribution < -0.4 is 15.0 Å². The number of benzene rings is 2. The lowest BCUT2D eigenvalue weighted by molar-refractivity contribution is 0.0832. The van der Waals surface area contributed by atoms with Crippen molar-refractivity contribution in [2.45, 2.75) is 74.8 Å². The molecule has 2 unspecified atom stereocenters. The molecule has 45 heavy (non-hydrogen) atoms. The highest BCUT2D eigenvalue weighted by Crippen LogP contribution is 2.52. The lowest BCUT2D eigenvalue weighted by Crippen LogP contribution is -2.51. The smallest absolute Gasteiger partial charge is 0.319 e. The Morgan fingerprint density at radius 1 is 1.07 bits per heavy atom. The van der Waals surface area contributed by atoms with Gasteiger partial charge in [0.1, 0.15) is 35.6 Å². The number of piperazine rings is 1. The number of phenolic OH excluding ortho intramolecular Hbond substituents is 1. The molecular weight excluding hydrogens is 689 g/mol. The third-order valence-electron chi connectivity index (χ3n) is 11.1. The van der Waals surface area contributed by atoms with E-state index in [-0.39, 0.29) is 35.1 Å². The van der Waals surface area contributed by atoms with Crippen LogP contribution in [0.15, 0.2) is 36.5 Å². The van der Waals surface area contributed by atoms with Gasteiger partial charge in [-0.05, 0) is 84.2 Å². The van der Waals surface area contributed by atoms with Crippen molar-refractivity contribution in [3.63, 3.8) is 0 Å². The van der Waals surface area contributed by atoms with Crippen molar-refractivity contribution in [3.05, 3.63) is 45.9 Å². The molecule has 234 valence electrons. The molecule has 5 fully saturated rings. The van der Waals surface area contributed by atoms with Gasteiger partial charge in [-0.1, -0.05) is 18.6 Å². The molecule has 2 N–H and O–H groups in total. The van der Waals surface area contributed by atoms with Crippen molar-refractivity contribution in [2.75, 3.05) is 31.1 Å². The molecule has 0 amide bonds. The lowest BCUT2D eigenvalue weighted by Gasteiger charge is -2.35. The number of aromatic nitrogens is 3. The first-order valence-corrected chi connectivity index (χ1v) is 17.3. The van der Waals surface area contributed by atoms with Crippen LogP contribution in [0.5, 0.6) is 11.8 Å².